The van der Waals surface area contributed by atoms with Crippen LogP contribution in [-0.4, -0.2) is 20.4 Å². The van der Waals surface area contributed by atoms with Gasteiger partial charge in [-0.3, -0.25) is 0 Å². The standard InChI is InChI=1S/C17H17NO2/c1-19-15-7-3-13(4-8-15)17(11-12-18)14-5-9-16(20-2)10-6-14/h3-12,18H,1-2H3. The third-order valence-corrected chi connectivity index (χ3v) is 3.05. The van der Waals surface area contributed by atoms with Gasteiger partial charge in [0.2, 0.25) is 0 Å². The van der Waals surface area contributed by atoms with E-state index in [1.807, 2.05) is 48.5 Å². The van der Waals surface area contributed by atoms with Gasteiger partial charge >= 0.3 is 0 Å². The Balaban J connectivity index is 2.39. The second kappa shape index (κ2) is 6.57. The normalized spacial score (nSPS) is 9.70. The smallest absolute Gasteiger partial charge is 0.118 e. The van der Waals surface area contributed by atoms with Crippen molar-refractivity contribution in [2.45, 2.75) is 0 Å². The molecule has 102 valence electrons. The van der Waals surface area contributed by atoms with Gasteiger partial charge < -0.3 is 14.9 Å². The van der Waals surface area contributed by atoms with Crippen molar-refractivity contribution >= 4 is 11.8 Å². The van der Waals surface area contributed by atoms with Gasteiger partial charge in [-0.2, -0.15) is 0 Å². The number of methoxy groups -OCH3 is 2. The van der Waals surface area contributed by atoms with E-state index in [0.717, 1.165) is 28.2 Å². The van der Waals surface area contributed by atoms with Gasteiger partial charge in [-0.25, -0.2) is 0 Å². The highest BCUT2D eigenvalue weighted by Crippen LogP contribution is 2.26. The lowest BCUT2D eigenvalue weighted by Crippen LogP contribution is -1.90. The summed E-state index contributed by atoms with van der Waals surface area (Å²) in [4.78, 5) is 0. The van der Waals surface area contributed by atoms with E-state index in [4.69, 9.17) is 14.9 Å². The number of allylic oxidation sites excluding steroid dienone is 1. The first-order valence-corrected chi connectivity index (χ1v) is 6.28. The van der Waals surface area contributed by atoms with Gasteiger partial charge in [-0.1, -0.05) is 24.3 Å². The lowest BCUT2D eigenvalue weighted by molar-refractivity contribution is 0.414. The van der Waals surface area contributed by atoms with Crippen molar-refractivity contribution in [2.75, 3.05) is 14.2 Å². The van der Waals surface area contributed by atoms with Crippen LogP contribution in [0.3, 0.4) is 0 Å². The van der Waals surface area contributed by atoms with Gasteiger partial charge in [0.05, 0.1) is 14.2 Å². The molecule has 2 aromatic rings. The molecule has 3 heteroatoms. The third-order valence-electron chi connectivity index (χ3n) is 3.05. The SMILES string of the molecule is COc1ccc(C(=CC=N)c2ccc(OC)cc2)cc1. The van der Waals surface area contributed by atoms with Gasteiger partial charge in [0.15, 0.2) is 0 Å². The number of rotatable bonds is 5. The highest BCUT2D eigenvalue weighted by molar-refractivity contribution is 5.90. The Hall–Kier alpha value is -2.55. The second-order valence-corrected chi connectivity index (χ2v) is 4.20. The van der Waals surface area contributed by atoms with Crippen LogP contribution in [0, 0.1) is 5.41 Å². The van der Waals surface area contributed by atoms with E-state index in [-0.39, 0.29) is 0 Å². The zero-order valence-corrected chi connectivity index (χ0v) is 11.6. The topological polar surface area (TPSA) is 42.3 Å². The van der Waals surface area contributed by atoms with Crippen LogP contribution in [0.15, 0.2) is 54.6 Å². The van der Waals surface area contributed by atoms with Crippen molar-refractivity contribution in [1.29, 1.82) is 5.41 Å². The molecule has 0 unspecified atom stereocenters. The van der Waals surface area contributed by atoms with Crippen LogP contribution in [0.5, 0.6) is 11.5 Å². The van der Waals surface area contributed by atoms with Crippen LogP contribution >= 0.6 is 0 Å². The molecule has 0 aliphatic heterocycles. The fourth-order valence-electron chi connectivity index (χ4n) is 1.98. The van der Waals surface area contributed by atoms with Crippen LogP contribution < -0.4 is 9.47 Å². The van der Waals surface area contributed by atoms with E-state index < -0.39 is 0 Å². The summed E-state index contributed by atoms with van der Waals surface area (Å²) in [7, 11) is 3.29. The summed E-state index contributed by atoms with van der Waals surface area (Å²) < 4.78 is 10.3. The summed E-state index contributed by atoms with van der Waals surface area (Å²) >= 11 is 0. The maximum atomic E-state index is 7.34. The lowest BCUT2D eigenvalue weighted by atomic mass is 9.97. The molecule has 0 saturated carbocycles. The molecule has 2 rings (SSSR count). The molecule has 0 heterocycles. The fraction of sp³-hybridized carbons (Fsp3) is 0.118. The summed E-state index contributed by atoms with van der Waals surface area (Å²) in [5, 5.41) is 7.34. The predicted octanol–water partition coefficient (Wildman–Crippen LogP) is 3.79. The van der Waals surface area contributed by atoms with E-state index in [1.165, 1.54) is 6.21 Å². The van der Waals surface area contributed by atoms with Crippen LogP contribution in [0.25, 0.3) is 5.57 Å². The monoisotopic (exact) mass is 267 g/mol. The number of hydrogen-bond acceptors (Lipinski definition) is 3. The van der Waals surface area contributed by atoms with Gasteiger partial charge in [0, 0.05) is 6.21 Å². The molecule has 0 atom stereocenters. The van der Waals surface area contributed by atoms with Gasteiger partial charge in [-0.05, 0) is 47.0 Å². The molecular formula is C17H17NO2. The first-order chi connectivity index (χ1) is 9.78. The Bertz CT molecular complexity index is 548. The first kappa shape index (κ1) is 13.9. The average Bonchev–Trinajstić information content (AvgIpc) is 2.53. The molecule has 0 bridgehead atoms. The molecule has 0 aliphatic carbocycles. The molecular weight excluding hydrogens is 250 g/mol. The molecule has 0 saturated heterocycles. The minimum Gasteiger partial charge on any atom is -0.497 e. The summed E-state index contributed by atoms with van der Waals surface area (Å²) in [6, 6.07) is 15.6. The largest absolute Gasteiger partial charge is 0.497 e. The van der Waals surface area contributed by atoms with Crippen molar-refractivity contribution in [1.82, 2.24) is 0 Å². The van der Waals surface area contributed by atoms with Crippen LogP contribution in [0.4, 0.5) is 0 Å². The summed E-state index contributed by atoms with van der Waals surface area (Å²) in [5.74, 6) is 1.63. The van der Waals surface area contributed by atoms with Gasteiger partial charge in [0.25, 0.3) is 0 Å². The van der Waals surface area contributed by atoms with Gasteiger partial charge in [-0.15, -0.1) is 0 Å². The van der Waals surface area contributed by atoms with Crippen LogP contribution in [0.2, 0.25) is 0 Å². The Labute approximate surface area is 119 Å². The van der Waals surface area contributed by atoms with E-state index in [2.05, 4.69) is 0 Å². The van der Waals surface area contributed by atoms with E-state index in [9.17, 15) is 0 Å². The van der Waals surface area contributed by atoms with Crippen molar-refractivity contribution in [3.05, 3.63) is 65.7 Å². The molecule has 20 heavy (non-hydrogen) atoms. The first-order valence-electron chi connectivity index (χ1n) is 6.28. The van der Waals surface area contributed by atoms with Crippen LogP contribution in [0.1, 0.15) is 11.1 Å². The lowest BCUT2D eigenvalue weighted by Gasteiger charge is -2.09. The molecule has 2 aromatic carbocycles. The molecule has 1 N–H and O–H groups in total. The zero-order chi connectivity index (χ0) is 14.4. The highest BCUT2D eigenvalue weighted by Gasteiger charge is 2.05. The maximum Gasteiger partial charge on any atom is 0.118 e. The van der Waals surface area contributed by atoms with E-state index in [0.29, 0.717) is 0 Å². The van der Waals surface area contributed by atoms with Crippen molar-refractivity contribution in [3.63, 3.8) is 0 Å². The summed E-state index contributed by atoms with van der Waals surface area (Å²) in [5.41, 5.74) is 3.07. The molecule has 0 fully saturated rings. The van der Waals surface area contributed by atoms with E-state index >= 15 is 0 Å². The molecule has 0 radical (unpaired) electrons. The van der Waals surface area contributed by atoms with Crippen molar-refractivity contribution < 1.29 is 9.47 Å². The molecule has 0 aliphatic rings. The fourth-order valence-corrected chi connectivity index (χ4v) is 1.98. The second-order valence-electron chi connectivity index (χ2n) is 4.20. The Morgan fingerprint density at radius 2 is 1.20 bits per heavy atom. The van der Waals surface area contributed by atoms with Crippen molar-refractivity contribution in [3.8, 4) is 11.5 Å². The van der Waals surface area contributed by atoms with Crippen LogP contribution in [-0.2, 0) is 0 Å². The minimum atomic E-state index is 0.817. The summed E-state index contributed by atoms with van der Waals surface area (Å²) in [6.07, 6.45) is 3.08. The maximum absolute atomic E-state index is 7.34. The Kier molecular flexibility index (Phi) is 4.56. The highest BCUT2D eigenvalue weighted by atomic mass is 16.5. The third kappa shape index (κ3) is 3.06. The quantitative estimate of drug-likeness (QED) is 0.837. The number of hydrogen-bond donors (Lipinski definition) is 1. The Morgan fingerprint density at radius 1 is 0.800 bits per heavy atom. The molecule has 3 nitrogen and oxygen atoms in total. The zero-order valence-electron chi connectivity index (χ0n) is 11.6. The minimum absolute atomic E-state index is 0.817. The molecule has 0 spiro atoms. The van der Waals surface area contributed by atoms with E-state index in [1.54, 1.807) is 20.3 Å². The predicted molar refractivity (Wildman–Crippen MR) is 81.9 cm³/mol. The number of ether oxygens (including phenoxy) is 2. The van der Waals surface area contributed by atoms with Crippen molar-refractivity contribution in [2.24, 2.45) is 0 Å². The average molecular weight is 267 g/mol. The summed E-state index contributed by atoms with van der Waals surface area (Å²) in [6.45, 7) is 0. The van der Waals surface area contributed by atoms with Gasteiger partial charge in [0.1, 0.15) is 11.5 Å². The Morgan fingerprint density at radius 3 is 1.50 bits per heavy atom. The molecule has 0 amide bonds. The molecule has 0 aromatic heterocycles. The number of benzene rings is 2. The number of nitrogens with one attached hydrogen (secondary N) is 1.